The van der Waals surface area contributed by atoms with Gasteiger partial charge < -0.3 is 5.11 Å². The summed E-state index contributed by atoms with van der Waals surface area (Å²) in [6.45, 7) is 1.73. The number of aryl methyl sites for hydroxylation is 1. The summed E-state index contributed by atoms with van der Waals surface area (Å²) in [4.78, 5) is 0.195. The molecule has 6 heteroatoms. The predicted molar refractivity (Wildman–Crippen MR) is 86.6 cm³/mol. The van der Waals surface area contributed by atoms with Crippen LogP contribution in [0.2, 0.25) is 5.02 Å². The van der Waals surface area contributed by atoms with Gasteiger partial charge in [-0.3, -0.25) is 0 Å². The van der Waals surface area contributed by atoms with Crippen molar-refractivity contribution in [2.75, 3.05) is 0 Å². The number of aliphatic hydroxyl groups is 1. The van der Waals surface area contributed by atoms with Crippen LogP contribution in [0.25, 0.3) is 10.9 Å². The van der Waals surface area contributed by atoms with Gasteiger partial charge in [-0.05, 0) is 30.7 Å². The Morgan fingerprint density at radius 3 is 2.45 bits per heavy atom. The fourth-order valence-electron chi connectivity index (χ4n) is 2.32. The average Bonchev–Trinajstić information content (AvgIpc) is 2.85. The minimum atomic E-state index is -3.74. The van der Waals surface area contributed by atoms with Gasteiger partial charge in [0, 0.05) is 11.6 Å². The van der Waals surface area contributed by atoms with Crippen molar-refractivity contribution in [3.05, 3.63) is 64.8 Å². The molecule has 0 aliphatic carbocycles. The van der Waals surface area contributed by atoms with Crippen molar-refractivity contribution >= 4 is 32.5 Å². The monoisotopic (exact) mass is 335 g/mol. The summed E-state index contributed by atoms with van der Waals surface area (Å²) in [6, 6.07) is 11.7. The predicted octanol–water partition coefficient (Wildman–Crippen LogP) is 3.33. The van der Waals surface area contributed by atoms with E-state index in [2.05, 4.69) is 0 Å². The lowest BCUT2D eigenvalue weighted by atomic mass is 10.2. The number of halogens is 1. The minimum Gasteiger partial charge on any atom is -0.392 e. The van der Waals surface area contributed by atoms with Gasteiger partial charge >= 0.3 is 0 Å². The number of aliphatic hydroxyl groups excluding tert-OH is 1. The molecule has 0 aliphatic rings. The topological polar surface area (TPSA) is 59.3 Å². The van der Waals surface area contributed by atoms with Crippen molar-refractivity contribution in [3.8, 4) is 0 Å². The molecule has 3 rings (SSSR count). The van der Waals surface area contributed by atoms with E-state index in [9.17, 15) is 13.5 Å². The standard InChI is InChI=1S/C16H14ClNO3S/c1-11-2-5-13(6-3-11)22(20,21)18-9-15(17)14-7-4-12(10-19)8-16(14)18/h2-9,19H,10H2,1H3. The summed E-state index contributed by atoms with van der Waals surface area (Å²) < 4.78 is 26.8. The van der Waals surface area contributed by atoms with E-state index in [1.165, 1.54) is 6.20 Å². The molecular weight excluding hydrogens is 322 g/mol. The van der Waals surface area contributed by atoms with Crippen molar-refractivity contribution < 1.29 is 13.5 Å². The van der Waals surface area contributed by atoms with Crippen LogP contribution in [0.3, 0.4) is 0 Å². The quantitative estimate of drug-likeness (QED) is 0.798. The van der Waals surface area contributed by atoms with Crippen molar-refractivity contribution in [2.24, 2.45) is 0 Å². The lowest BCUT2D eigenvalue weighted by Crippen LogP contribution is -2.11. The first-order valence-electron chi connectivity index (χ1n) is 6.66. The number of benzene rings is 2. The van der Waals surface area contributed by atoms with Crippen molar-refractivity contribution in [3.63, 3.8) is 0 Å². The molecule has 4 nitrogen and oxygen atoms in total. The Labute approximate surface area is 133 Å². The van der Waals surface area contributed by atoms with Gasteiger partial charge in [0.2, 0.25) is 0 Å². The Morgan fingerprint density at radius 2 is 1.82 bits per heavy atom. The van der Waals surface area contributed by atoms with Crippen LogP contribution in [0.5, 0.6) is 0 Å². The first-order valence-corrected chi connectivity index (χ1v) is 8.48. The van der Waals surface area contributed by atoms with Gasteiger partial charge in [0.1, 0.15) is 0 Å². The number of fused-ring (bicyclic) bond motifs is 1. The molecule has 0 bridgehead atoms. The normalized spacial score (nSPS) is 12.0. The molecule has 0 saturated heterocycles. The summed E-state index contributed by atoms with van der Waals surface area (Å²) in [5, 5.41) is 10.2. The van der Waals surface area contributed by atoms with Crippen LogP contribution in [0.4, 0.5) is 0 Å². The molecule has 114 valence electrons. The van der Waals surface area contributed by atoms with Gasteiger partial charge in [-0.15, -0.1) is 0 Å². The van der Waals surface area contributed by atoms with Crippen LogP contribution in [0.15, 0.2) is 53.6 Å². The Kier molecular flexibility index (Phi) is 3.72. The van der Waals surface area contributed by atoms with Crippen LogP contribution in [-0.2, 0) is 16.6 Å². The summed E-state index contributed by atoms with van der Waals surface area (Å²) in [6.07, 6.45) is 1.39. The van der Waals surface area contributed by atoms with E-state index in [0.29, 0.717) is 21.5 Å². The highest BCUT2D eigenvalue weighted by Gasteiger charge is 2.20. The summed E-state index contributed by atoms with van der Waals surface area (Å²) in [5.41, 5.74) is 2.07. The molecule has 0 spiro atoms. The Bertz CT molecular complexity index is 943. The van der Waals surface area contributed by atoms with Crippen molar-refractivity contribution in [2.45, 2.75) is 18.4 Å². The van der Waals surface area contributed by atoms with Crippen molar-refractivity contribution in [1.82, 2.24) is 3.97 Å². The smallest absolute Gasteiger partial charge is 0.268 e. The molecule has 1 N–H and O–H groups in total. The van der Waals surface area contributed by atoms with E-state index >= 15 is 0 Å². The van der Waals surface area contributed by atoms with Crippen LogP contribution >= 0.6 is 11.6 Å². The van der Waals surface area contributed by atoms with Gasteiger partial charge in [0.15, 0.2) is 0 Å². The van der Waals surface area contributed by atoms with Gasteiger partial charge in [-0.2, -0.15) is 0 Å². The second-order valence-corrected chi connectivity index (χ2v) is 7.32. The molecule has 1 heterocycles. The van der Waals surface area contributed by atoms with Crippen LogP contribution < -0.4 is 0 Å². The Hall–Kier alpha value is -1.82. The first-order chi connectivity index (χ1) is 10.4. The molecule has 1 aromatic heterocycles. The van der Waals surface area contributed by atoms with Gasteiger partial charge in [-0.1, -0.05) is 41.4 Å². The number of hydrogen-bond donors (Lipinski definition) is 1. The highest BCUT2D eigenvalue weighted by molar-refractivity contribution is 7.90. The second kappa shape index (κ2) is 5.43. The van der Waals surface area contributed by atoms with Gasteiger partial charge in [0.25, 0.3) is 10.0 Å². The van der Waals surface area contributed by atoms with E-state index in [1.807, 2.05) is 6.92 Å². The number of aromatic nitrogens is 1. The third kappa shape index (κ3) is 2.41. The number of nitrogens with zero attached hydrogens (tertiary/aromatic N) is 1. The van der Waals surface area contributed by atoms with E-state index < -0.39 is 10.0 Å². The molecule has 2 aromatic carbocycles. The minimum absolute atomic E-state index is 0.163. The van der Waals surface area contributed by atoms with E-state index in [-0.39, 0.29) is 11.5 Å². The molecule has 0 saturated carbocycles. The summed E-state index contributed by atoms with van der Waals surface area (Å²) >= 11 is 6.14. The summed E-state index contributed by atoms with van der Waals surface area (Å²) in [5.74, 6) is 0. The van der Waals surface area contributed by atoms with E-state index in [4.69, 9.17) is 11.6 Å². The molecule has 22 heavy (non-hydrogen) atoms. The zero-order chi connectivity index (χ0) is 15.9. The van der Waals surface area contributed by atoms with E-state index in [0.717, 1.165) is 9.54 Å². The Morgan fingerprint density at radius 1 is 1.14 bits per heavy atom. The summed E-state index contributed by atoms with van der Waals surface area (Å²) in [7, 11) is -3.74. The molecule has 0 amide bonds. The first kappa shape index (κ1) is 15.1. The zero-order valence-electron chi connectivity index (χ0n) is 11.8. The molecule has 0 fully saturated rings. The lowest BCUT2D eigenvalue weighted by molar-refractivity contribution is 0.282. The number of rotatable bonds is 3. The third-order valence-corrected chi connectivity index (χ3v) is 5.54. The zero-order valence-corrected chi connectivity index (χ0v) is 13.4. The SMILES string of the molecule is Cc1ccc(S(=O)(=O)n2cc(Cl)c3ccc(CO)cc32)cc1. The maximum absolute atomic E-state index is 12.8. The fraction of sp³-hybridized carbons (Fsp3) is 0.125. The van der Waals surface area contributed by atoms with Crippen LogP contribution in [-0.4, -0.2) is 17.5 Å². The fourth-order valence-corrected chi connectivity index (χ4v) is 4.00. The molecule has 3 aromatic rings. The highest BCUT2D eigenvalue weighted by Crippen LogP contribution is 2.30. The number of hydrogen-bond acceptors (Lipinski definition) is 3. The molecular formula is C16H14ClNO3S. The Balaban J connectivity index is 2.26. The lowest BCUT2D eigenvalue weighted by Gasteiger charge is -2.08. The average molecular weight is 336 g/mol. The van der Waals surface area contributed by atoms with Crippen molar-refractivity contribution in [1.29, 1.82) is 0 Å². The largest absolute Gasteiger partial charge is 0.392 e. The maximum atomic E-state index is 12.8. The third-order valence-electron chi connectivity index (χ3n) is 3.55. The molecule has 0 radical (unpaired) electrons. The molecule has 0 atom stereocenters. The van der Waals surface area contributed by atoms with Crippen LogP contribution in [0, 0.1) is 6.92 Å². The second-order valence-electron chi connectivity index (χ2n) is 5.10. The van der Waals surface area contributed by atoms with E-state index in [1.54, 1.807) is 42.5 Å². The maximum Gasteiger partial charge on any atom is 0.268 e. The molecule has 0 aliphatic heterocycles. The molecule has 0 unspecified atom stereocenters. The van der Waals surface area contributed by atoms with Gasteiger partial charge in [0.05, 0.1) is 22.0 Å². The van der Waals surface area contributed by atoms with Crippen LogP contribution in [0.1, 0.15) is 11.1 Å². The highest BCUT2D eigenvalue weighted by atomic mass is 35.5. The van der Waals surface area contributed by atoms with Gasteiger partial charge in [-0.25, -0.2) is 12.4 Å².